The fourth-order valence-corrected chi connectivity index (χ4v) is 4.70. The molecule has 1 atom stereocenters. The Bertz CT molecular complexity index is 992. The minimum absolute atomic E-state index is 0.110. The number of nitrogens with zero attached hydrogens (tertiary/aromatic N) is 4. The highest BCUT2D eigenvalue weighted by atomic mass is 35.5. The number of carbonyl (C=O) groups is 1. The predicted molar refractivity (Wildman–Crippen MR) is 103 cm³/mol. The number of aromatic nitrogens is 4. The van der Waals surface area contributed by atoms with E-state index in [9.17, 15) is 4.79 Å². The van der Waals surface area contributed by atoms with Gasteiger partial charge in [-0.1, -0.05) is 29.3 Å². The lowest BCUT2D eigenvalue weighted by Gasteiger charge is -2.17. The molecule has 3 aromatic rings. The van der Waals surface area contributed by atoms with Crippen molar-refractivity contribution in [2.45, 2.75) is 12.2 Å². The van der Waals surface area contributed by atoms with Crippen LogP contribution < -0.4 is 5.32 Å². The van der Waals surface area contributed by atoms with Crippen LogP contribution in [0.3, 0.4) is 0 Å². The number of rotatable bonds is 2. The summed E-state index contributed by atoms with van der Waals surface area (Å²) in [5.74, 6) is 1.15. The average Bonchev–Trinajstić information content (AvgIpc) is 2.83. The highest BCUT2D eigenvalue weighted by molar-refractivity contribution is 8.00. The zero-order chi connectivity index (χ0) is 18.3. The molecular weight excluding hydrogens is 393 g/mol. The third kappa shape index (κ3) is 3.06. The van der Waals surface area contributed by atoms with Crippen LogP contribution in [0, 0.1) is 6.92 Å². The van der Waals surface area contributed by atoms with Gasteiger partial charge in [0.15, 0.2) is 0 Å². The number of thioether (sulfide) groups is 1. The highest BCUT2D eigenvalue weighted by Crippen LogP contribution is 2.45. The molecule has 0 spiro atoms. The maximum atomic E-state index is 12.3. The van der Waals surface area contributed by atoms with Crippen LogP contribution in [0.2, 0.25) is 10.0 Å². The van der Waals surface area contributed by atoms with Gasteiger partial charge in [0.1, 0.15) is 5.82 Å². The number of carbonyl (C=O) groups excluding carboxylic acids is 1. The molecule has 6 nitrogen and oxygen atoms in total. The number of hydrogen-bond acceptors (Lipinski definition) is 5. The Kier molecular flexibility index (Phi) is 4.60. The molecule has 3 heterocycles. The fourth-order valence-electron chi connectivity index (χ4n) is 2.89. The standard InChI is InChI=1S/C17H13Cl2N5OS/c1-9-14-15(11-4-3-10(18)7-12(11)19)26-8-13(25)22-16(14)24(23-9)17-20-5-2-6-21-17/h2-7,15H,8H2,1H3,(H,22,25)/t15-/m0/s1. The van der Waals surface area contributed by atoms with Gasteiger partial charge in [-0.15, -0.1) is 11.8 Å². The van der Waals surface area contributed by atoms with Gasteiger partial charge < -0.3 is 5.32 Å². The van der Waals surface area contributed by atoms with E-state index in [0.717, 1.165) is 16.8 Å². The third-order valence-corrected chi connectivity index (χ3v) is 5.81. The topological polar surface area (TPSA) is 72.7 Å². The van der Waals surface area contributed by atoms with Crippen LogP contribution in [0.15, 0.2) is 36.7 Å². The summed E-state index contributed by atoms with van der Waals surface area (Å²) in [6.07, 6.45) is 3.26. The molecule has 132 valence electrons. The Morgan fingerprint density at radius 3 is 2.77 bits per heavy atom. The van der Waals surface area contributed by atoms with E-state index in [1.807, 2.05) is 13.0 Å². The summed E-state index contributed by atoms with van der Waals surface area (Å²) in [7, 11) is 0. The number of benzene rings is 1. The van der Waals surface area contributed by atoms with Gasteiger partial charge in [-0.3, -0.25) is 4.79 Å². The summed E-state index contributed by atoms with van der Waals surface area (Å²) in [5.41, 5.74) is 2.55. The number of nitrogens with one attached hydrogen (secondary N) is 1. The van der Waals surface area contributed by atoms with E-state index in [2.05, 4.69) is 20.4 Å². The number of amides is 1. The van der Waals surface area contributed by atoms with Crippen LogP contribution in [0.25, 0.3) is 5.95 Å². The number of fused-ring (bicyclic) bond motifs is 1. The second-order valence-corrected chi connectivity index (χ2v) is 7.65. The minimum atomic E-state index is -0.161. The first-order chi connectivity index (χ1) is 12.5. The lowest BCUT2D eigenvalue weighted by molar-refractivity contribution is -0.113. The largest absolute Gasteiger partial charge is 0.309 e. The number of hydrogen-bond donors (Lipinski definition) is 1. The predicted octanol–water partition coefficient (Wildman–Crippen LogP) is 4.05. The van der Waals surface area contributed by atoms with Crippen LogP contribution in [0.1, 0.15) is 22.1 Å². The molecule has 4 rings (SSSR count). The molecule has 1 aliphatic heterocycles. The maximum absolute atomic E-state index is 12.3. The molecule has 0 radical (unpaired) electrons. The number of halogens is 2. The van der Waals surface area contributed by atoms with Crippen LogP contribution in [-0.2, 0) is 4.79 Å². The van der Waals surface area contributed by atoms with E-state index >= 15 is 0 Å². The monoisotopic (exact) mass is 405 g/mol. The summed E-state index contributed by atoms with van der Waals surface area (Å²) in [6, 6.07) is 7.11. The Morgan fingerprint density at radius 2 is 2.04 bits per heavy atom. The molecule has 9 heteroatoms. The van der Waals surface area contributed by atoms with E-state index in [-0.39, 0.29) is 11.2 Å². The first-order valence-corrected chi connectivity index (χ1v) is 9.58. The second kappa shape index (κ2) is 6.90. The zero-order valence-electron chi connectivity index (χ0n) is 13.6. The Hall–Kier alpha value is -2.09. The van der Waals surface area contributed by atoms with Gasteiger partial charge in [-0.05, 0) is 30.7 Å². The summed E-state index contributed by atoms with van der Waals surface area (Å²) >= 11 is 14.0. The smallest absolute Gasteiger partial charge is 0.252 e. The summed E-state index contributed by atoms with van der Waals surface area (Å²) in [4.78, 5) is 20.8. The fraction of sp³-hybridized carbons (Fsp3) is 0.176. The molecule has 26 heavy (non-hydrogen) atoms. The maximum Gasteiger partial charge on any atom is 0.252 e. The molecule has 0 saturated carbocycles. The van der Waals surface area contributed by atoms with Crippen LogP contribution in [-0.4, -0.2) is 31.4 Å². The first kappa shape index (κ1) is 17.3. The van der Waals surface area contributed by atoms with Crippen molar-refractivity contribution in [1.29, 1.82) is 0 Å². The van der Waals surface area contributed by atoms with Crippen molar-refractivity contribution in [1.82, 2.24) is 19.7 Å². The van der Waals surface area contributed by atoms with E-state index in [1.54, 1.807) is 35.3 Å². The Labute approximate surface area is 163 Å². The normalized spacial score (nSPS) is 16.7. The highest BCUT2D eigenvalue weighted by Gasteiger charge is 2.32. The molecule has 0 saturated heterocycles. The molecule has 1 aliphatic rings. The van der Waals surface area contributed by atoms with Crippen LogP contribution >= 0.6 is 35.0 Å². The number of anilines is 1. The summed E-state index contributed by atoms with van der Waals surface area (Å²) in [5, 5.41) is 8.45. The first-order valence-electron chi connectivity index (χ1n) is 7.78. The van der Waals surface area contributed by atoms with Crippen molar-refractivity contribution in [3.05, 3.63) is 63.5 Å². The van der Waals surface area contributed by atoms with Gasteiger partial charge in [0, 0.05) is 28.0 Å². The van der Waals surface area contributed by atoms with Crippen molar-refractivity contribution in [3.8, 4) is 5.95 Å². The van der Waals surface area contributed by atoms with Crippen molar-refractivity contribution in [2.75, 3.05) is 11.1 Å². The minimum Gasteiger partial charge on any atom is -0.309 e. The third-order valence-electron chi connectivity index (χ3n) is 3.99. The van der Waals surface area contributed by atoms with E-state index < -0.39 is 0 Å². The van der Waals surface area contributed by atoms with Gasteiger partial charge in [-0.25, -0.2) is 9.97 Å². The lowest BCUT2D eigenvalue weighted by atomic mass is 10.0. The molecule has 1 aromatic carbocycles. The quantitative estimate of drug-likeness (QED) is 0.695. The molecule has 0 aliphatic carbocycles. The Morgan fingerprint density at radius 1 is 1.27 bits per heavy atom. The molecule has 0 unspecified atom stereocenters. The number of aryl methyl sites for hydroxylation is 1. The van der Waals surface area contributed by atoms with Crippen molar-refractivity contribution in [2.24, 2.45) is 0 Å². The molecule has 0 fully saturated rings. The second-order valence-electron chi connectivity index (χ2n) is 5.71. The van der Waals surface area contributed by atoms with E-state index in [1.165, 1.54) is 11.8 Å². The zero-order valence-corrected chi connectivity index (χ0v) is 15.9. The summed E-state index contributed by atoms with van der Waals surface area (Å²) in [6.45, 7) is 1.90. The van der Waals surface area contributed by atoms with E-state index in [4.69, 9.17) is 23.2 Å². The average molecular weight is 406 g/mol. The lowest BCUT2D eigenvalue weighted by Crippen LogP contribution is -2.16. The van der Waals surface area contributed by atoms with Gasteiger partial charge in [0.2, 0.25) is 5.91 Å². The SMILES string of the molecule is Cc1nn(-c2ncccn2)c2c1[C@H](c1ccc(Cl)cc1Cl)SCC(=O)N2. The van der Waals surface area contributed by atoms with Crippen molar-refractivity contribution in [3.63, 3.8) is 0 Å². The Balaban J connectivity index is 1.91. The van der Waals surface area contributed by atoms with Gasteiger partial charge in [0.05, 0.1) is 16.7 Å². The van der Waals surface area contributed by atoms with Gasteiger partial charge >= 0.3 is 0 Å². The van der Waals surface area contributed by atoms with E-state index in [0.29, 0.717) is 27.6 Å². The molecule has 1 amide bonds. The van der Waals surface area contributed by atoms with Crippen LogP contribution in [0.5, 0.6) is 0 Å². The molecule has 1 N–H and O–H groups in total. The molecule has 0 bridgehead atoms. The van der Waals surface area contributed by atoms with Gasteiger partial charge in [-0.2, -0.15) is 9.78 Å². The van der Waals surface area contributed by atoms with Gasteiger partial charge in [0.25, 0.3) is 5.95 Å². The van der Waals surface area contributed by atoms with Crippen molar-refractivity contribution < 1.29 is 4.79 Å². The molecular formula is C17H13Cl2N5OS. The van der Waals surface area contributed by atoms with Crippen LogP contribution in [0.4, 0.5) is 5.82 Å². The molecule has 2 aromatic heterocycles. The van der Waals surface area contributed by atoms with Crippen molar-refractivity contribution >= 4 is 46.7 Å². The summed E-state index contributed by atoms with van der Waals surface area (Å²) < 4.78 is 1.56.